The van der Waals surface area contributed by atoms with Crippen LogP contribution in [0.4, 0.5) is 5.69 Å². The van der Waals surface area contributed by atoms with E-state index in [-0.39, 0.29) is 28.7 Å². The second kappa shape index (κ2) is 6.39. The molecule has 8 heteroatoms. The topological polar surface area (TPSA) is 95.5 Å². The van der Waals surface area contributed by atoms with Crippen LogP contribution in [-0.2, 0) is 9.53 Å². The Balaban J connectivity index is 0.00000256. The van der Waals surface area contributed by atoms with Crippen molar-refractivity contribution in [3.05, 3.63) is 38.9 Å². The fourth-order valence-corrected chi connectivity index (χ4v) is 1.38. The Kier molecular flexibility index (Phi) is 5.87. The molecule has 1 aromatic carbocycles. The highest BCUT2D eigenvalue weighted by atomic mass is 35.5. The maximum atomic E-state index is 11.2. The number of nitrogens with two attached hydrogens (primary N) is 1. The van der Waals surface area contributed by atoms with Crippen molar-refractivity contribution < 1.29 is 14.5 Å². The van der Waals surface area contributed by atoms with Crippen molar-refractivity contribution in [3.63, 3.8) is 0 Å². The van der Waals surface area contributed by atoms with Crippen LogP contribution < -0.4 is 5.73 Å². The third-order valence-corrected chi connectivity index (χ3v) is 2.21. The van der Waals surface area contributed by atoms with Crippen molar-refractivity contribution in [3.8, 4) is 0 Å². The van der Waals surface area contributed by atoms with E-state index >= 15 is 0 Å². The van der Waals surface area contributed by atoms with Gasteiger partial charge in [-0.05, 0) is 12.1 Å². The van der Waals surface area contributed by atoms with Gasteiger partial charge in [0.25, 0.3) is 5.69 Å². The highest BCUT2D eigenvalue weighted by Crippen LogP contribution is 2.27. The van der Waals surface area contributed by atoms with E-state index in [1.165, 1.54) is 18.2 Å². The molecule has 1 aromatic rings. The molecular weight excluding hydrogens is 271 g/mol. The van der Waals surface area contributed by atoms with Gasteiger partial charge < -0.3 is 10.5 Å². The van der Waals surface area contributed by atoms with Crippen LogP contribution >= 0.6 is 24.0 Å². The Morgan fingerprint density at radius 1 is 1.59 bits per heavy atom. The summed E-state index contributed by atoms with van der Waals surface area (Å²) in [6.45, 7) is 0. The number of carbonyl (C=O) groups excluding carboxylic acids is 1. The minimum atomic E-state index is -1.22. The summed E-state index contributed by atoms with van der Waals surface area (Å²) in [6, 6.07) is 2.61. The lowest BCUT2D eigenvalue weighted by atomic mass is 10.1. The number of carbonyl (C=O) groups is 1. The van der Waals surface area contributed by atoms with Gasteiger partial charge in [-0.15, -0.1) is 12.4 Å². The maximum absolute atomic E-state index is 11.2. The molecule has 6 nitrogen and oxygen atoms in total. The second-order valence-corrected chi connectivity index (χ2v) is 3.40. The van der Waals surface area contributed by atoms with Crippen LogP contribution in [0.2, 0.25) is 5.02 Å². The number of nitrogens with zero attached hydrogens (tertiary/aromatic N) is 1. The number of halogens is 2. The van der Waals surface area contributed by atoms with E-state index in [9.17, 15) is 14.9 Å². The third-order valence-electron chi connectivity index (χ3n) is 1.98. The van der Waals surface area contributed by atoms with Crippen molar-refractivity contribution in [1.82, 2.24) is 0 Å². The van der Waals surface area contributed by atoms with Crippen LogP contribution in [0.15, 0.2) is 18.2 Å². The van der Waals surface area contributed by atoms with Gasteiger partial charge in [0.1, 0.15) is 6.04 Å². The zero-order valence-electron chi connectivity index (χ0n) is 8.75. The highest BCUT2D eigenvalue weighted by molar-refractivity contribution is 6.30. The predicted octanol–water partition coefficient (Wildman–Crippen LogP) is 1.84. The zero-order valence-corrected chi connectivity index (χ0v) is 10.3. The molecule has 0 aliphatic carbocycles. The highest BCUT2D eigenvalue weighted by Gasteiger charge is 2.25. The number of methoxy groups -OCH3 is 1. The lowest BCUT2D eigenvalue weighted by Gasteiger charge is -2.10. The summed E-state index contributed by atoms with van der Waals surface area (Å²) in [5.41, 5.74) is 5.29. The van der Waals surface area contributed by atoms with Crippen molar-refractivity contribution >= 4 is 35.7 Å². The standard InChI is InChI=1S/C9H9ClN2O4.ClH/c1-16-9(13)8(11)6-4-5(10)2-3-7(6)12(14)15;/h2-4,8H,11H2,1H3;1H/t8-;/m0./s1. The van der Waals surface area contributed by atoms with Gasteiger partial charge in [0.05, 0.1) is 17.6 Å². The molecule has 0 saturated carbocycles. The summed E-state index contributed by atoms with van der Waals surface area (Å²) in [5, 5.41) is 11.0. The molecule has 0 aliphatic heterocycles. The van der Waals surface area contributed by atoms with Gasteiger partial charge in [-0.25, -0.2) is 4.79 Å². The second-order valence-electron chi connectivity index (χ2n) is 2.96. The smallest absolute Gasteiger partial charge is 0.327 e. The van der Waals surface area contributed by atoms with E-state index in [4.69, 9.17) is 17.3 Å². The molecule has 0 bridgehead atoms. The van der Waals surface area contributed by atoms with Crippen LogP contribution in [-0.4, -0.2) is 18.0 Å². The first kappa shape index (κ1) is 15.6. The zero-order chi connectivity index (χ0) is 12.3. The molecule has 0 saturated heterocycles. The molecule has 2 N–H and O–H groups in total. The number of hydrogen-bond acceptors (Lipinski definition) is 5. The van der Waals surface area contributed by atoms with Crippen LogP contribution in [0.25, 0.3) is 0 Å². The molecule has 94 valence electrons. The Hall–Kier alpha value is -1.37. The van der Waals surface area contributed by atoms with Crippen LogP contribution in [0.1, 0.15) is 11.6 Å². The van der Waals surface area contributed by atoms with E-state index in [1.807, 2.05) is 0 Å². The molecule has 0 spiro atoms. The molecule has 0 aliphatic rings. The van der Waals surface area contributed by atoms with Crippen molar-refractivity contribution in [2.75, 3.05) is 7.11 Å². The first-order valence-corrected chi connectivity index (χ1v) is 4.62. The van der Waals surface area contributed by atoms with E-state index in [2.05, 4.69) is 4.74 Å². The molecule has 0 radical (unpaired) electrons. The molecule has 0 heterocycles. The Bertz CT molecular complexity index is 439. The third kappa shape index (κ3) is 3.55. The van der Waals surface area contributed by atoms with Gasteiger partial charge >= 0.3 is 5.97 Å². The van der Waals surface area contributed by atoms with Crippen LogP contribution in [0.5, 0.6) is 0 Å². The Labute approximate surface area is 108 Å². The van der Waals surface area contributed by atoms with Gasteiger partial charge in [-0.1, -0.05) is 11.6 Å². The predicted molar refractivity (Wildman–Crippen MR) is 64.3 cm³/mol. The number of nitro groups is 1. The van der Waals surface area contributed by atoms with E-state index < -0.39 is 16.9 Å². The lowest BCUT2D eigenvalue weighted by molar-refractivity contribution is -0.385. The molecule has 1 atom stereocenters. The monoisotopic (exact) mass is 280 g/mol. The maximum Gasteiger partial charge on any atom is 0.327 e. The van der Waals surface area contributed by atoms with Crippen molar-refractivity contribution in [2.24, 2.45) is 5.73 Å². The number of nitro benzene ring substituents is 1. The summed E-state index contributed by atoms with van der Waals surface area (Å²) in [7, 11) is 1.15. The Morgan fingerprint density at radius 3 is 2.65 bits per heavy atom. The Morgan fingerprint density at radius 2 is 2.18 bits per heavy atom. The van der Waals surface area contributed by atoms with Gasteiger partial charge in [0.15, 0.2) is 0 Å². The SMILES string of the molecule is COC(=O)[C@@H](N)c1cc(Cl)ccc1[N+](=O)[O-].Cl. The molecule has 0 unspecified atom stereocenters. The van der Waals surface area contributed by atoms with Gasteiger partial charge in [0.2, 0.25) is 0 Å². The number of esters is 1. The van der Waals surface area contributed by atoms with Gasteiger partial charge in [0, 0.05) is 11.1 Å². The summed E-state index contributed by atoms with van der Waals surface area (Å²) >= 11 is 5.68. The average Bonchev–Trinajstić information content (AvgIpc) is 2.26. The van der Waals surface area contributed by atoms with Gasteiger partial charge in [-0.3, -0.25) is 10.1 Å². The summed E-state index contributed by atoms with van der Waals surface area (Å²) in [6.07, 6.45) is 0. The minimum Gasteiger partial charge on any atom is -0.468 e. The normalized spacial score (nSPS) is 11.2. The molecule has 0 aromatic heterocycles. The largest absolute Gasteiger partial charge is 0.468 e. The average molecular weight is 281 g/mol. The number of benzene rings is 1. The summed E-state index contributed by atoms with van der Waals surface area (Å²) < 4.78 is 4.41. The van der Waals surface area contributed by atoms with Crippen LogP contribution in [0.3, 0.4) is 0 Å². The van der Waals surface area contributed by atoms with E-state index in [0.29, 0.717) is 0 Å². The first-order valence-electron chi connectivity index (χ1n) is 4.24. The molecule has 0 fully saturated rings. The van der Waals surface area contributed by atoms with Gasteiger partial charge in [-0.2, -0.15) is 0 Å². The fraction of sp³-hybridized carbons (Fsp3) is 0.222. The molecular formula is C9H10Cl2N2O4. The van der Waals surface area contributed by atoms with Crippen molar-refractivity contribution in [1.29, 1.82) is 0 Å². The quantitative estimate of drug-likeness (QED) is 0.518. The van der Waals surface area contributed by atoms with Crippen molar-refractivity contribution in [2.45, 2.75) is 6.04 Å². The summed E-state index contributed by atoms with van der Waals surface area (Å²) in [4.78, 5) is 21.3. The molecule has 0 amide bonds. The number of hydrogen-bond donors (Lipinski definition) is 1. The van der Waals surface area contributed by atoms with Crippen LogP contribution in [0, 0.1) is 10.1 Å². The lowest BCUT2D eigenvalue weighted by Crippen LogP contribution is -2.23. The van der Waals surface area contributed by atoms with E-state index in [1.54, 1.807) is 0 Å². The number of ether oxygens (including phenoxy) is 1. The van der Waals surface area contributed by atoms with E-state index in [0.717, 1.165) is 7.11 Å². The number of rotatable bonds is 3. The fourth-order valence-electron chi connectivity index (χ4n) is 1.19. The molecule has 17 heavy (non-hydrogen) atoms. The first-order chi connectivity index (χ1) is 7.47. The summed E-state index contributed by atoms with van der Waals surface area (Å²) in [5.74, 6) is -0.759. The molecule has 1 rings (SSSR count). The minimum absolute atomic E-state index is 0.